The summed E-state index contributed by atoms with van der Waals surface area (Å²) in [4.78, 5) is 16.6. The lowest BCUT2D eigenvalue weighted by atomic mass is 9.99. The zero-order valence-electron chi connectivity index (χ0n) is 14.2. The van der Waals surface area contributed by atoms with Crippen molar-refractivity contribution < 1.29 is 9.18 Å². The van der Waals surface area contributed by atoms with Gasteiger partial charge in [-0.05, 0) is 35.4 Å². The highest BCUT2D eigenvalue weighted by atomic mass is 19.1. The summed E-state index contributed by atoms with van der Waals surface area (Å²) in [6, 6.07) is 21.4. The van der Waals surface area contributed by atoms with E-state index in [0.29, 0.717) is 11.3 Å². The topological polar surface area (TPSA) is 59.8 Å². The minimum absolute atomic E-state index is 0.259. The monoisotopic (exact) mass is 358 g/mol. The van der Waals surface area contributed by atoms with Crippen LogP contribution < -0.4 is 5.32 Å². The van der Waals surface area contributed by atoms with Gasteiger partial charge in [0.15, 0.2) is 5.82 Å². The summed E-state index contributed by atoms with van der Waals surface area (Å²) < 4.78 is 15.7. The molecule has 6 heteroatoms. The molecule has 3 aromatic carbocycles. The highest BCUT2D eigenvalue weighted by Gasteiger charge is 2.14. The standard InChI is InChI=1S/C21H15FN4O/c22-19-12-16(10-11-20(19)26-14-23-13-24-26)25-21(27)18-9-5-4-8-17(18)15-6-2-1-3-7-15/h1-14H,(H,25,27). The molecular weight excluding hydrogens is 343 g/mol. The molecule has 0 saturated carbocycles. The van der Waals surface area contributed by atoms with Crippen LogP contribution in [0.4, 0.5) is 10.1 Å². The van der Waals surface area contributed by atoms with Gasteiger partial charge in [0.05, 0.1) is 0 Å². The zero-order valence-corrected chi connectivity index (χ0v) is 14.2. The van der Waals surface area contributed by atoms with E-state index < -0.39 is 5.82 Å². The van der Waals surface area contributed by atoms with Gasteiger partial charge in [0.2, 0.25) is 0 Å². The van der Waals surface area contributed by atoms with E-state index in [-0.39, 0.29) is 11.6 Å². The Labute approximate surface area is 155 Å². The van der Waals surface area contributed by atoms with Gasteiger partial charge in [0.1, 0.15) is 18.3 Å². The number of carbonyl (C=O) groups excluding carboxylic acids is 1. The lowest BCUT2D eigenvalue weighted by Crippen LogP contribution is -2.13. The summed E-state index contributed by atoms with van der Waals surface area (Å²) in [5.41, 5.74) is 2.90. The first kappa shape index (κ1) is 16.7. The molecule has 0 aliphatic carbocycles. The Morgan fingerprint density at radius 3 is 2.48 bits per heavy atom. The Bertz CT molecular complexity index is 1080. The molecule has 0 aliphatic heterocycles. The van der Waals surface area contributed by atoms with Gasteiger partial charge in [-0.3, -0.25) is 4.79 Å². The van der Waals surface area contributed by atoms with Crippen molar-refractivity contribution in [2.75, 3.05) is 5.32 Å². The Balaban J connectivity index is 1.61. The number of hydrogen-bond donors (Lipinski definition) is 1. The minimum Gasteiger partial charge on any atom is -0.322 e. The molecule has 0 fully saturated rings. The van der Waals surface area contributed by atoms with Crippen molar-refractivity contribution in [1.29, 1.82) is 0 Å². The second-order valence-corrected chi connectivity index (χ2v) is 5.87. The minimum atomic E-state index is -0.505. The molecule has 0 aliphatic rings. The lowest BCUT2D eigenvalue weighted by Gasteiger charge is -2.11. The second kappa shape index (κ2) is 7.21. The van der Waals surface area contributed by atoms with Crippen LogP contribution >= 0.6 is 0 Å². The lowest BCUT2D eigenvalue weighted by molar-refractivity contribution is 0.102. The summed E-state index contributed by atoms with van der Waals surface area (Å²) in [6.07, 6.45) is 2.74. The molecule has 1 N–H and O–H groups in total. The van der Waals surface area contributed by atoms with Crippen LogP contribution in [0.15, 0.2) is 85.5 Å². The number of nitrogens with zero attached hydrogens (tertiary/aromatic N) is 3. The third-order valence-corrected chi connectivity index (χ3v) is 4.13. The number of carbonyl (C=O) groups is 1. The van der Waals surface area contributed by atoms with E-state index in [2.05, 4.69) is 15.4 Å². The number of aromatic nitrogens is 3. The molecule has 1 amide bonds. The van der Waals surface area contributed by atoms with Gasteiger partial charge in [0.25, 0.3) is 5.91 Å². The summed E-state index contributed by atoms with van der Waals surface area (Å²) in [7, 11) is 0. The maximum atomic E-state index is 14.4. The van der Waals surface area contributed by atoms with Crippen LogP contribution in [0.25, 0.3) is 16.8 Å². The van der Waals surface area contributed by atoms with E-state index >= 15 is 0 Å². The van der Waals surface area contributed by atoms with Gasteiger partial charge in [-0.25, -0.2) is 14.1 Å². The first-order valence-corrected chi connectivity index (χ1v) is 8.33. The fourth-order valence-corrected chi connectivity index (χ4v) is 2.85. The van der Waals surface area contributed by atoms with Crippen molar-refractivity contribution in [3.8, 4) is 16.8 Å². The first-order chi connectivity index (χ1) is 13.2. The van der Waals surface area contributed by atoms with E-state index in [1.54, 1.807) is 24.3 Å². The molecule has 1 aromatic heterocycles. The number of halogens is 1. The predicted molar refractivity (Wildman–Crippen MR) is 101 cm³/mol. The van der Waals surface area contributed by atoms with Crippen LogP contribution in [0.3, 0.4) is 0 Å². The van der Waals surface area contributed by atoms with E-state index in [1.165, 1.54) is 23.4 Å². The van der Waals surface area contributed by atoms with Crippen LogP contribution in [-0.4, -0.2) is 20.7 Å². The molecule has 0 spiro atoms. The summed E-state index contributed by atoms with van der Waals surface area (Å²) in [5, 5.41) is 6.67. The van der Waals surface area contributed by atoms with Crippen LogP contribution in [0.5, 0.6) is 0 Å². The molecule has 0 bridgehead atoms. The SMILES string of the molecule is O=C(Nc1ccc(-n2cncn2)c(F)c1)c1ccccc1-c1ccccc1. The number of rotatable bonds is 4. The average Bonchev–Trinajstić information content (AvgIpc) is 3.23. The molecule has 0 radical (unpaired) electrons. The van der Waals surface area contributed by atoms with Crippen molar-refractivity contribution in [1.82, 2.24) is 14.8 Å². The normalized spacial score (nSPS) is 10.6. The van der Waals surface area contributed by atoms with Crippen molar-refractivity contribution in [3.63, 3.8) is 0 Å². The Hall–Kier alpha value is -3.80. The van der Waals surface area contributed by atoms with Crippen LogP contribution in [0.2, 0.25) is 0 Å². The van der Waals surface area contributed by atoms with Crippen LogP contribution in [-0.2, 0) is 0 Å². The quantitative estimate of drug-likeness (QED) is 0.591. The molecule has 0 unspecified atom stereocenters. The molecular formula is C21H15FN4O. The van der Waals surface area contributed by atoms with Crippen molar-refractivity contribution in [2.24, 2.45) is 0 Å². The van der Waals surface area contributed by atoms with Gasteiger partial charge < -0.3 is 5.32 Å². The summed E-state index contributed by atoms with van der Waals surface area (Å²) in [5.74, 6) is -0.808. The fraction of sp³-hybridized carbons (Fsp3) is 0. The number of benzene rings is 3. The molecule has 0 saturated heterocycles. The average molecular weight is 358 g/mol. The number of amides is 1. The van der Waals surface area contributed by atoms with Gasteiger partial charge in [0, 0.05) is 11.3 Å². The van der Waals surface area contributed by atoms with Gasteiger partial charge in [-0.15, -0.1) is 0 Å². The third kappa shape index (κ3) is 3.46. The Morgan fingerprint density at radius 2 is 1.74 bits per heavy atom. The second-order valence-electron chi connectivity index (χ2n) is 5.87. The van der Waals surface area contributed by atoms with Crippen molar-refractivity contribution in [2.45, 2.75) is 0 Å². The van der Waals surface area contributed by atoms with Gasteiger partial charge in [-0.1, -0.05) is 48.5 Å². The Kier molecular flexibility index (Phi) is 4.45. The van der Waals surface area contributed by atoms with Gasteiger partial charge >= 0.3 is 0 Å². The van der Waals surface area contributed by atoms with E-state index in [0.717, 1.165) is 11.1 Å². The van der Waals surface area contributed by atoms with Crippen LogP contribution in [0.1, 0.15) is 10.4 Å². The predicted octanol–water partition coefficient (Wildman–Crippen LogP) is 4.33. The molecule has 5 nitrogen and oxygen atoms in total. The fourth-order valence-electron chi connectivity index (χ4n) is 2.85. The smallest absolute Gasteiger partial charge is 0.256 e. The van der Waals surface area contributed by atoms with Gasteiger partial charge in [-0.2, -0.15) is 5.10 Å². The number of anilines is 1. The molecule has 27 heavy (non-hydrogen) atoms. The summed E-state index contributed by atoms with van der Waals surface area (Å²) >= 11 is 0. The molecule has 4 rings (SSSR count). The van der Waals surface area contributed by atoms with E-state index in [9.17, 15) is 9.18 Å². The van der Waals surface area contributed by atoms with Crippen LogP contribution in [0, 0.1) is 5.82 Å². The number of hydrogen-bond acceptors (Lipinski definition) is 3. The van der Waals surface area contributed by atoms with Crippen molar-refractivity contribution >= 4 is 11.6 Å². The Morgan fingerprint density at radius 1 is 0.963 bits per heavy atom. The third-order valence-electron chi connectivity index (χ3n) is 4.13. The van der Waals surface area contributed by atoms with E-state index in [4.69, 9.17) is 0 Å². The van der Waals surface area contributed by atoms with E-state index in [1.807, 2.05) is 42.5 Å². The first-order valence-electron chi connectivity index (χ1n) is 8.33. The molecule has 132 valence electrons. The zero-order chi connectivity index (χ0) is 18.6. The maximum Gasteiger partial charge on any atom is 0.256 e. The highest BCUT2D eigenvalue weighted by Crippen LogP contribution is 2.25. The molecule has 1 heterocycles. The highest BCUT2D eigenvalue weighted by molar-refractivity contribution is 6.08. The van der Waals surface area contributed by atoms with Crippen molar-refractivity contribution in [3.05, 3.63) is 96.8 Å². The molecule has 0 atom stereocenters. The summed E-state index contributed by atoms with van der Waals surface area (Å²) in [6.45, 7) is 0. The number of nitrogens with one attached hydrogen (secondary N) is 1. The largest absolute Gasteiger partial charge is 0.322 e. The molecule has 4 aromatic rings. The maximum absolute atomic E-state index is 14.4.